The number of hydrogen-bond donors (Lipinski definition) is 11. The van der Waals surface area contributed by atoms with Crippen LogP contribution in [0.25, 0.3) is 0 Å². The van der Waals surface area contributed by atoms with E-state index in [0.29, 0.717) is 38.5 Å². The minimum atomic E-state index is -2.05. The van der Waals surface area contributed by atoms with E-state index in [-0.39, 0.29) is 24.2 Å². The molecule has 4 aliphatic rings. The number of aliphatic hydroxyl groups excluding tert-OH is 11. The van der Waals surface area contributed by atoms with Gasteiger partial charge in [0.05, 0.1) is 30.8 Å². The molecule has 0 aromatic heterocycles. The van der Waals surface area contributed by atoms with Crippen molar-refractivity contribution in [1.29, 1.82) is 0 Å². The summed E-state index contributed by atoms with van der Waals surface area (Å²) < 4.78 is 22.0. The Bertz CT molecular complexity index is 1170. The topological polar surface area (TPSA) is 277 Å². The van der Waals surface area contributed by atoms with Gasteiger partial charge < -0.3 is 75.1 Å². The third-order valence-electron chi connectivity index (χ3n) is 12.7. The molecule has 16 nitrogen and oxygen atoms in total. The summed E-state index contributed by atoms with van der Waals surface area (Å²) in [5.74, 6) is -1.32. The number of methoxy groups -OCH3 is 1. The Labute approximate surface area is 298 Å². The first kappa shape index (κ1) is 42.4. The molecule has 1 saturated heterocycles. The quantitative estimate of drug-likeness (QED) is 0.0478. The molecule has 0 spiro atoms. The zero-order valence-electron chi connectivity index (χ0n) is 29.8. The molecule has 16 heteroatoms. The molecule has 0 amide bonds. The SMILES string of the molecule is C=C1CC2CCC3[C@](C)(C(=O)OC4OC(CO)C(O)C(O)C4O)CCC[C@@]3(C)[C@@H]2C1CC(OC(O)C(O)C(O)C(C)OC)C(O)C(O)C(O)CO. The number of aliphatic hydroxyl groups is 11. The Balaban J connectivity index is 1.61. The predicted molar refractivity (Wildman–Crippen MR) is 176 cm³/mol. The number of esters is 1. The maximum absolute atomic E-state index is 14.1. The maximum atomic E-state index is 14.1. The van der Waals surface area contributed by atoms with Crippen molar-refractivity contribution >= 4 is 5.97 Å². The van der Waals surface area contributed by atoms with E-state index < -0.39 is 116 Å². The van der Waals surface area contributed by atoms with E-state index in [2.05, 4.69) is 13.5 Å². The van der Waals surface area contributed by atoms with Crippen LogP contribution in [0.3, 0.4) is 0 Å². The first-order chi connectivity index (χ1) is 23.9. The van der Waals surface area contributed by atoms with Gasteiger partial charge in [0.25, 0.3) is 0 Å². The van der Waals surface area contributed by atoms with Crippen LogP contribution in [0.15, 0.2) is 12.2 Å². The second-order valence-electron chi connectivity index (χ2n) is 15.7. The van der Waals surface area contributed by atoms with Crippen LogP contribution in [0.1, 0.15) is 65.7 Å². The van der Waals surface area contributed by atoms with Crippen LogP contribution in [-0.4, -0.2) is 162 Å². The standard InChI is InChI=1S/C35H60O16/c1-15-11-17-7-8-22-34(3,9-6-10-35(22,4)33(47)51-32-30(45)28(43)27(42)21(14-37)50-32)23(17)18(15)12-20(26(41)25(40)19(38)13-36)49-31(46)29(44)24(39)16(2)48-5/h16-32,36-46H,1,6-14H2,2-5H3/t16?,17?,18?,19?,20?,21?,22?,23-,24?,25?,26?,27?,28?,29?,30?,31?,32?,34+,35+/m0/s1. The number of rotatable bonds is 15. The van der Waals surface area contributed by atoms with E-state index in [1.54, 1.807) is 6.92 Å². The largest absolute Gasteiger partial charge is 0.432 e. The fourth-order valence-electron chi connectivity index (χ4n) is 9.71. The van der Waals surface area contributed by atoms with Crippen molar-refractivity contribution < 1.29 is 79.9 Å². The molecule has 3 saturated carbocycles. The molecule has 0 aromatic rings. The van der Waals surface area contributed by atoms with Crippen molar-refractivity contribution in [3.05, 3.63) is 12.2 Å². The molecule has 19 atom stereocenters. The lowest BCUT2D eigenvalue weighted by atomic mass is 9.45. The number of carbonyl (C=O) groups excluding carboxylic acids is 1. The lowest BCUT2D eigenvalue weighted by Crippen LogP contribution is -2.61. The van der Waals surface area contributed by atoms with Crippen molar-refractivity contribution in [2.24, 2.45) is 34.5 Å². The van der Waals surface area contributed by atoms with Gasteiger partial charge in [-0.2, -0.15) is 0 Å². The molecule has 51 heavy (non-hydrogen) atoms. The smallest absolute Gasteiger partial charge is 0.314 e. The van der Waals surface area contributed by atoms with Gasteiger partial charge in [0.2, 0.25) is 6.29 Å². The van der Waals surface area contributed by atoms with E-state index in [9.17, 15) is 61.0 Å². The normalized spacial score (nSPS) is 41.7. The molecule has 296 valence electrons. The molecule has 3 aliphatic carbocycles. The van der Waals surface area contributed by atoms with Gasteiger partial charge in [0.1, 0.15) is 54.9 Å². The van der Waals surface area contributed by atoms with E-state index in [1.807, 2.05) is 0 Å². The summed E-state index contributed by atoms with van der Waals surface area (Å²) in [6.07, 6.45) is -17.5. The second kappa shape index (κ2) is 17.0. The molecule has 1 heterocycles. The van der Waals surface area contributed by atoms with Gasteiger partial charge in [-0.25, -0.2) is 0 Å². The van der Waals surface area contributed by atoms with Crippen LogP contribution >= 0.6 is 0 Å². The molecular weight excluding hydrogens is 676 g/mol. The van der Waals surface area contributed by atoms with Crippen LogP contribution < -0.4 is 0 Å². The summed E-state index contributed by atoms with van der Waals surface area (Å²) in [6, 6.07) is 0. The van der Waals surface area contributed by atoms with Crippen LogP contribution in [0, 0.1) is 34.5 Å². The highest BCUT2D eigenvalue weighted by atomic mass is 16.7. The lowest BCUT2D eigenvalue weighted by Gasteiger charge is -2.59. The summed E-state index contributed by atoms with van der Waals surface area (Å²) in [5, 5.41) is 114. The van der Waals surface area contributed by atoms with Gasteiger partial charge in [-0.1, -0.05) is 25.5 Å². The summed E-state index contributed by atoms with van der Waals surface area (Å²) in [4.78, 5) is 14.1. The minimum Gasteiger partial charge on any atom is -0.432 e. The fraction of sp³-hybridized carbons (Fsp3) is 0.914. The van der Waals surface area contributed by atoms with Crippen LogP contribution in [0.2, 0.25) is 0 Å². The number of carbonyl (C=O) groups is 1. The summed E-state index contributed by atoms with van der Waals surface area (Å²) in [5.41, 5.74) is -0.768. The zero-order valence-corrected chi connectivity index (χ0v) is 29.8. The average molecular weight is 737 g/mol. The Morgan fingerprint density at radius 2 is 1.61 bits per heavy atom. The molecule has 1 aliphatic heterocycles. The Kier molecular flexibility index (Phi) is 14.1. The Hall–Kier alpha value is -1.35. The monoisotopic (exact) mass is 736 g/mol. The molecule has 0 radical (unpaired) electrons. The minimum absolute atomic E-state index is 0.0373. The molecule has 0 bridgehead atoms. The van der Waals surface area contributed by atoms with Gasteiger partial charge >= 0.3 is 5.97 Å². The first-order valence-electron chi connectivity index (χ1n) is 17.9. The highest BCUT2D eigenvalue weighted by Gasteiger charge is 2.63. The molecule has 4 fully saturated rings. The third kappa shape index (κ3) is 8.20. The van der Waals surface area contributed by atoms with Crippen molar-refractivity contribution in [2.45, 2.75) is 145 Å². The molecule has 16 unspecified atom stereocenters. The van der Waals surface area contributed by atoms with Crippen molar-refractivity contribution in [1.82, 2.24) is 0 Å². The summed E-state index contributed by atoms with van der Waals surface area (Å²) in [7, 11) is 1.30. The number of allylic oxidation sites excluding steroid dienone is 1. The van der Waals surface area contributed by atoms with E-state index in [4.69, 9.17) is 18.9 Å². The van der Waals surface area contributed by atoms with Crippen molar-refractivity contribution in [3.8, 4) is 0 Å². The number of ether oxygens (including phenoxy) is 4. The van der Waals surface area contributed by atoms with Crippen molar-refractivity contribution in [2.75, 3.05) is 20.3 Å². The second-order valence-corrected chi connectivity index (χ2v) is 15.7. The van der Waals surface area contributed by atoms with E-state index in [1.165, 1.54) is 14.0 Å². The number of hydrogen-bond acceptors (Lipinski definition) is 16. The molecular formula is C35H60O16. The van der Waals surface area contributed by atoms with Crippen LogP contribution in [-0.2, 0) is 23.7 Å². The fourth-order valence-corrected chi connectivity index (χ4v) is 9.71. The van der Waals surface area contributed by atoms with Gasteiger partial charge in [-0.05, 0) is 81.5 Å². The highest BCUT2D eigenvalue weighted by molar-refractivity contribution is 5.77. The Morgan fingerprint density at radius 3 is 2.22 bits per heavy atom. The highest BCUT2D eigenvalue weighted by Crippen LogP contribution is 2.67. The first-order valence-corrected chi connectivity index (χ1v) is 17.9. The van der Waals surface area contributed by atoms with E-state index >= 15 is 0 Å². The van der Waals surface area contributed by atoms with Gasteiger partial charge in [-0.3, -0.25) is 4.79 Å². The summed E-state index contributed by atoms with van der Waals surface area (Å²) >= 11 is 0. The summed E-state index contributed by atoms with van der Waals surface area (Å²) in [6.45, 7) is 8.15. The molecule has 0 aromatic carbocycles. The maximum Gasteiger partial charge on any atom is 0.314 e. The van der Waals surface area contributed by atoms with Crippen LogP contribution in [0.4, 0.5) is 0 Å². The molecule has 11 N–H and O–H groups in total. The number of fused-ring (bicyclic) bond motifs is 3. The molecule has 4 rings (SSSR count). The van der Waals surface area contributed by atoms with Crippen LogP contribution in [0.5, 0.6) is 0 Å². The van der Waals surface area contributed by atoms with Gasteiger partial charge in [-0.15, -0.1) is 0 Å². The lowest BCUT2D eigenvalue weighted by molar-refractivity contribution is -0.297. The van der Waals surface area contributed by atoms with E-state index in [0.717, 1.165) is 5.57 Å². The zero-order chi connectivity index (χ0) is 38.2. The predicted octanol–water partition coefficient (Wildman–Crippen LogP) is -2.33. The van der Waals surface area contributed by atoms with Gasteiger partial charge in [0.15, 0.2) is 6.29 Å². The van der Waals surface area contributed by atoms with Gasteiger partial charge in [0, 0.05) is 7.11 Å². The van der Waals surface area contributed by atoms with Crippen molar-refractivity contribution in [3.63, 3.8) is 0 Å². The average Bonchev–Trinajstić information content (AvgIpc) is 3.44. The Morgan fingerprint density at radius 1 is 0.941 bits per heavy atom. The third-order valence-corrected chi connectivity index (χ3v) is 12.7.